The van der Waals surface area contributed by atoms with Gasteiger partial charge in [0.1, 0.15) is 0 Å². The van der Waals surface area contributed by atoms with Crippen LogP contribution in [0.5, 0.6) is 0 Å². The fraction of sp³-hybridized carbons (Fsp3) is 0.583. The first-order valence-corrected chi connectivity index (χ1v) is 5.30. The number of rotatable bonds is 8. The van der Waals surface area contributed by atoms with E-state index in [1.807, 2.05) is 6.08 Å². The summed E-state index contributed by atoms with van der Waals surface area (Å²) in [6, 6.07) is 0. The van der Waals surface area contributed by atoms with Gasteiger partial charge in [0.2, 0.25) is 0 Å². The van der Waals surface area contributed by atoms with Crippen LogP contribution in [0.3, 0.4) is 0 Å². The lowest BCUT2D eigenvalue weighted by Crippen LogP contribution is -1.89. The van der Waals surface area contributed by atoms with Gasteiger partial charge in [0, 0.05) is 0 Å². The molecule has 2 nitrogen and oxygen atoms in total. The zero-order valence-corrected chi connectivity index (χ0v) is 8.91. The van der Waals surface area contributed by atoms with Crippen LogP contribution < -0.4 is 0 Å². The van der Waals surface area contributed by atoms with Gasteiger partial charge < -0.3 is 5.11 Å². The molecule has 14 heavy (non-hydrogen) atoms. The molecule has 0 saturated heterocycles. The molecular formula is C12H20O2. The third-order valence-electron chi connectivity index (χ3n) is 1.90. The van der Waals surface area contributed by atoms with Gasteiger partial charge in [-0.15, -0.1) is 0 Å². The second kappa shape index (κ2) is 10.0. The Morgan fingerprint density at radius 1 is 1.14 bits per heavy atom. The minimum atomic E-state index is -0.780. The monoisotopic (exact) mass is 196 g/mol. The maximum atomic E-state index is 10.1. The molecule has 0 aliphatic heterocycles. The fourth-order valence-electron chi connectivity index (χ4n) is 1.11. The van der Waals surface area contributed by atoms with E-state index in [9.17, 15) is 4.79 Å². The molecule has 80 valence electrons. The molecule has 0 aromatic rings. The Kier molecular flexibility index (Phi) is 9.28. The second-order valence-electron chi connectivity index (χ2n) is 3.30. The van der Waals surface area contributed by atoms with Crippen molar-refractivity contribution in [1.82, 2.24) is 0 Å². The Morgan fingerprint density at radius 2 is 1.86 bits per heavy atom. The summed E-state index contributed by atoms with van der Waals surface area (Å²) >= 11 is 0. The molecule has 0 unspecified atom stereocenters. The molecule has 1 N–H and O–H groups in total. The van der Waals surface area contributed by atoms with E-state index < -0.39 is 5.97 Å². The molecule has 0 aromatic heterocycles. The first kappa shape index (κ1) is 12.9. The summed E-state index contributed by atoms with van der Waals surface area (Å²) < 4.78 is 0. The van der Waals surface area contributed by atoms with Crippen molar-refractivity contribution in [3.63, 3.8) is 0 Å². The Labute approximate surface area is 86.3 Å². The summed E-state index contributed by atoms with van der Waals surface area (Å²) in [6.07, 6.45) is 13.8. The highest BCUT2D eigenvalue weighted by Crippen LogP contribution is 2.02. The molecule has 0 aliphatic rings. The Morgan fingerprint density at radius 3 is 2.50 bits per heavy atom. The molecule has 0 rings (SSSR count). The highest BCUT2D eigenvalue weighted by Gasteiger charge is 1.87. The van der Waals surface area contributed by atoms with Crippen LogP contribution in [0.4, 0.5) is 0 Å². The quantitative estimate of drug-likeness (QED) is 0.476. The van der Waals surface area contributed by atoms with Gasteiger partial charge in [-0.3, -0.25) is 4.79 Å². The molecule has 0 saturated carbocycles. The van der Waals surface area contributed by atoms with Crippen molar-refractivity contribution in [2.24, 2.45) is 0 Å². The topological polar surface area (TPSA) is 37.3 Å². The standard InChI is InChI=1S/C12H20O2/c1-2-3-4-5-6-7-8-9-10-11-12(13)14/h7-10H,2-6,11H2,1H3,(H,13,14)/b8-7+,10-9-. The fourth-order valence-corrected chi connectivity index (χ4v) is 1.11. The molecule has 0 spiro atoms. The average Bonchev–Trinajstić information content (AvgIpc) is 2.15. The van der Waals surface area contributed by atoms with E-state index in [-0.39, 0.29) is 6.42 Å². The first-order chi connectivity index (χ1) is 6.77. The maximum Gasteiger partial charge on any atom is 0.307 e. The van der Waals surface area contributed by atoms with Crippen LogP contribution in [0.2, 0.25) is 0 Å². The van der Waals surface area contributed by atoms with E-state index in [1.54, 1.807) is 12.2 Å². The Hall–Kier alpha value is -1.05. The van der Waals surface area contributed by atoms with Gasteiger partial charge in [-0.1, -0.05) is 50.5 Å². The van der Waals surface area contributed by atoms with Gasteiger partial charge in [-0.2, -0.15) is 0 Å². The van der Waals surface area contributed by atoms with Crippen molar-refractivity contribution in [3.05, 3.63) is 24.3 Å². The molecule has 0 aromatic carbocycles. The molecule has 2 heteroatoms. The summed E-state index contributed by atoms with van der Waals surface area (Å²) in [5, 5.41) is 8.34. The number of unbranched alkanes of at least 4 members (excludes halogenated alkanes) is 4. The predicted octanol–water partition coefficient (Wildman–Crippen LogP) is 3.54. The van der Waals surface area contributed by atoms with Crippen molar-refractivity contribution >= 4 is 5.97 Å². The van der Waals surface area contributed by atoms with Gasteiger partial charge in [0.15, 0.2) is 0 Å². The molecule has 0 radical (unpaired) electrons. The van der Waals surface area contributed by atoms with Gasteiger partial charge in [0.25, 0.3) is 0 Å². The van der Waals surface area contributed by atoms with E-state index >= 15 is 0 Å². The number of aliphatic carboxylic acids is 1. The van der Waals surface area contributed by atoms with Crippen LogP contribution in [0, 0.1) is 0 Å². The minimum absolute atomic E-state index is 0.111. The van der Waals surface area contributed by atoms with Gasteiger partial charge in [0.05, 0.1) is 6.42 Å². The Balaban J connectivity index is 3.26. The molecule has 0 heterocycles. The number of hydrogen-bond donors (Lipinski definition) is 1. The zero-order chi connectivity index (χ0) is 10.6. The summed E-state index contributed by atoms with van der Waals surface area (Å²) in [5.41, 5.74) is 0. The second-order valence-corrected chi connectivity index (χ2v) is 3.30. The highest BCUT2D eigenvalue weighted by molar-refractivity contribution is 5.68. The van der Waals surface area contributed by atoms with Gasteiger partial charge in [-0.25, -0.2) is 0 Å². The molecule has 0 amide bonds. The molecule has 0 bridgehead atoms. The number of carboxylic acids is 1. The number of hydrogen-bond acceptors (Lipinski definition) is 1. The van der Waals surface area contributed by atoms with Gasteiger partial charge in [-0.05, 0) is 12.8 Å². The molecule has 0 aliphatic carbocycles. The predicted molar refractivity (Wildman–Crippen MR) is 59.3 cm³/mol. The molecule has 0 atom stereocenters. The molecule has 0 fully saturated rings. The summed E-state index contributed by atoms with van der Waals surface area (Å²) in [4.78, 5) is 10.1. The lowest BCUT2D eigenvalue weighted by atomic mass is 10.1. The van der Waals surface area contributed by atoms with Crippen LogP contribution in [0.15, 0.2) is 24.3 Å². The van der Waals surface area contributed by atoms with Crippen LogP contribution in [-0.2, 0) is 4.79 Å². The zero-order valence-electron chi connectivity index (χ0n) is 8.91. The number of allylic oxidation sites excluding steroid dienone is 3. The van der Waals surface area contributed by atoms with Crippen molar-refractivity contribution < 1.29 is 9.90 Å². The third kappa shape index (κ3) is 11.0. The van der Waals surface area contributed by atoms with Crippen LogP contribution >= 0.6 is 0 Å². The number of carbonyl (C=O) groups is 1. The number of carboxylic acid groups (broad SMARTS) is 1. The van der Waals surface area contributed by atoms with Crippen LogP contribution in [0.25, 0.3) is 0 Å². The first-order valence-electron chi connectivity index (χ1n) is 5.30. The SMILES string of the molecule is CCCCCC/C=C/C=C\CC(=O)O. The minimum Gasteiger partial charge on any atom is -0.481 e. The van der Waals surface area contributed by atoms with E-state index in [0.717, 1.165) is 6.42 Å². The van der Waals surface area contributed by atoms with Crippen molar-refractivity contribution in [1.29, 1.82) is 0 Å². The summed E-state index contributed by atoms with van der Waals surface area (Å²) in [5.74, 6) is -0.780. The van der Waals surface area contributed by atoms with E-state index in [4.69, 9.17) is 5.11 Å². The molecular weight excluding hydrogens is 176 g/mol. The Bertz CT molecular complexity index is 192. The smallest absolute Gasteiger partial charge is 0.307 e. The highest BCUT2D eigenvalue weighted by atomic mass is 16.4. The summed E-state index contributed by atoms with van der Waals surface area (Å²) in [7, 11) is 0. The van der Waals surface area contributed by atoms with Gasteiger partial charge >= 0.3 is 5.97 Å². The van der Waals surface area contributed by atoms with Crippen molar-refractivity contribution in [3.8, 4) is 0 Å². The lowest BCUT2D eigenvalue weighted by molar-refractivity contribution is -0.135. The van der Waals surface area contributed by atoms with Crippen molar-refractivity contribution in [2.75, 3.05) is 0 Å². The van der Waals surface area contributed by atoms with E-state index in [2.05, 4.69) is 13.0 Å². The average molecular weight is 196 g/mol. The third-order valence-corrected chi connectivity index (χ3v) is 1.90. The maximum absolute atomic E-state index is 10.1. The van der Waals surface area contributed by atoms with Crippen LogP contribution in [0.1, 0.15) is 45.4 Å². The van der Waals surface area contributed by atoms with E-state index in [0.29, 0.717) is 0 Å². The summed E-state index contributed by atoms with van der Waals surface area (Å²) in [6.45, 7) is 2.20. The largest absolute Gasteiger partial charge is 0.481 e. The normalized spacial score (nSPS) is 11.5. The lowest BCUT2D eigenvalue weighted by Gasteiger charge is -1.92. The van der Waals surface area contributed by atoms with Crippen molar-refractivity contribution in [2.45, 2.75) is 45.4 Å². The van der Waals surface area contributed by atoms with Crippen LogP contribution in [-0.4, -0.2) is 11.1 Å². The van der Waals surface area contributed by atoms with E-state index in [1.165, 1.54) is 25.7 Å².